The Morgan fingerprint density at radius 2 is 1.95 bits per heavy atom. The predicted octanol–water partition coefficient (Wildman–Crippen LogP) is 3.40. The van der Waals surface area contributed by atoms with Crippen LogP contribution in [0.2, 0.25) is 0 Å². The zero-order chi connectivity index (χ0) is 15.6. The van der Waals surface area contributed by atoms with E-state index >= 15 is 0 Å². The van der Waals surface area contributed by atoms with Gasteiger partial charge in [-0.15, -0.1) is 0 Å². The van der Waals surface area contributed by atoms with Crippen molar-refractivity contribution in [1.29, 1.82) is 0 Å². The van der Waals surface area contributed by atoms with Crippen molar-refractivity contribution < 1.29 is 8.78 Å². The first kappa shape index (κ1) is 15.6. The SMILES string of the molecule is CCCNC(c1ccc(F)c(F)c1)c1c(C)nn(C)c1C. The average Bonchev–Trinajstić information content (AvgIpc) is 2.69. The number of nitrogens with zero attached hydrogens (tertiary/aromatic N) is 2. The summed E-state index contributed by atoms with van der Waals surface area (Å²) in [6, 6.07) is 3.87. The van der Waals surface area contributed by atoms with Crippen molar-refractivity contribution >= 4 is 0 Å². The maximum Gasteiger partial charge on any atom is 0.159 e. The van der Waals surface area contributed by atoms with Crippen LogP contribution in [0.25, 0.3) is 0 Å². The minimum Gasteiger partial charge on any atom is -0.306 e. The van der Waals surface area contributed by atoms with Gasteiger partial charge >= 0.3 is 0 Å². The lowest BCUT2D eigenvalue weighted by Crippen LogP contribution is -2.24. The summed E-state index contributed by atoms with van der Waals surface area (Å²) in [6.45, 7) is 6.77. The lowest BCUT2D eigenvalue weighted by Gasteiger charge is -2.20. The summed E-state index contributed by atoms with van der Waals surface area (Å²) in [5.41, 5.74) is 3.65. The van der Waals surface area contributed by atoms with Gasteiger partial charge in [0.2, 0.25) is 0 Å². The van der Waals surface area contributed by atoms with Gasteiger partial charge in [0.1, 0.15) is 0 Å². The molecule has 0 bridgehead atoms. The van der Waals surface area contributed by atoms with E-state index < -0.39 is 11.6 Å². The molecule has 3 nitrogen and oxygen atoms in total. The molecule has 0 aliphatic carbocycles. The number of halogens is 2. The summed E-state index contributed by atoms with van der Waals surface area (Å²) in [5.74, 6) is -1.65. The third kappa shape index (κ3) is 3.13. The quantitative estimate of drug-likeness (QED) is 0.915. The Bertz CT molecular complexity index is 635. The Kier molecular flexibility index (Phi) is 4.73. The number of hydrogen-bond donors (Lipinski definition) is 1. The minimum absolute atomic E-state index is 0.186. The Morgan fingerprint density at radius 1 is 1.24 bits per heavy atom. The summed E-state index contributed by atoms with van der Waals surface area (Å²) in [4.78, 5) is 0. The van der Waals surface area contributed by atoms with Crippen LogP contribution in [-0.4, -0.2) is 16.3 Å². The molecule has 1 aromatic carbocycles. The van der Waals surface area contributed by atoms with Crippen LogP contribution >= 0.6 is 0 Å². The normalized spacial score (nSPS) is 12.7. The molecule has 0 radical (unpaired) electrons. The van der Waals surface area contributed by atoms with Crippen molar-refractivity contribution in [3.63, 3.8) is 0 Å². The highest BCUT2D eigenvalue weighted by Crippen LogP contribution is 2.28. The van der Waals surface area contributed by atoms with Crippen LogP contribution in [0.1, 0.15) is 41.9 Å². The second kappa shape index (κ2) is 6.35. The molecule has 2 aromatic rings. The van der Waals surface area contributed by atoms with Crippen LogP contribution in [0.15, 0.2) is 18.2 Å². The Balaban J connectivity index is 2.49. The smallest absolute Gasteiger partial charge is 0.159 e. The van der Waals surface area contributed by atoms with E-state index in [-0.39, 0.29) is 6.04 Å². The van der Waals surface area contributed by atoms with Crippen LogP contribution in [0.4, 0.5) is 8.78 Å². The summed E-state index contributed by atoms with van der Waals surface area (Å²) < 4.78 is 28.5. The van der Waals surface area contributed by atoms with Crippen LogP contribution in [0, 0.1) is 25.5 Å². The molecule has 1 aromatic heterocycles. The van der Waals surface area contributed by atoms with E-state index in [0.29, 0.717) is 5.56 Å². The monoisotopic (exact) mass is 293 g/mol. The van der Waals surface area contributed by atoms with Gasteiger partial charge in [-0.05, 0) is 44.5 Å². The van der Waals surface area contributed by atoms with Gasteiger partial charge in [0.05, 0.1) is 11.7 Å². The predicted molar refractivity (Wildman–Crippen MR) is 79.2 cm³/mol. The van der Waals surface area contributed by atoms with Crippen molar-refractivity contribution in [2.45, 2.75) is 33.2 Å². The maximum absolute atomic E-state index is 13.6. The minimum atomic E-state index is -0.826. The molecule has 5 heteroatoms. The largest absolute Gasteiger partial charge is 0.306 e. The van der Waals surface area contributed by atoms with E-state index in [1.807, 2.05) is 25.6 Å². The molecule has 1 unspecified atom stereocenters. The van der Waals surface area contributed by atoms with Gasteiger partial charge in [-0.2, -0.15) is 5.10 Å². The van der Waals surface area contributed by atoms with Gasteiger partial charge < -0.3 is 5.32 Å². The van der Waals surface area contributed by atoms with Gasteiger partial charge in [0, 0.05) is 18.3 Å². The molecule has 0 aliphatic rings. The van der Waals surface area contributed by atoms with Gasteiger partial charge in [0.25, 0.3) is 0 Å². The molecule has 1 atom stereocenters. The highest BCUT2D eigenvalue weighted by Gasteiger charge is 2.22. The van der Waals surface area contributed by atoms with Gasteiger partial charge in [-0.25, -0.2) is 8.78 Å². The zero-order valence-corrected chi connectivity index (χ0v) is 12.9. The molecular formula is C16H21F2N3. The molecule has 0 amide bonds. The van der Waals surface area contributed by atoms with E-state index in [1.165, 1.54) is 12.1 Å². The molecule has 21 heavy (non-hydrogen) atoms. The third-order valence-corrected chi connectivity index (χ3v) is 3.73. The molecule has 0 aliphatic heterocycles. The molecule has 0 saturated heterocycles. The fraction of sp³-hybridized carbons (Fsp3) is 0.438. The number of aromatic nitrogens is 2. The first-order valence-electron chi connectivity index (χ1n) is 7.14. The van der Waals surface area contributed by atoms with E-state index in [4.69, 9.17) is 0 Å². The highest BCUT2D eigenvalue weighted by molar-refractivity contribution is 5.37. The fourth-order valence-corrected chi connectivity index (χ4v) is 2.57. The van der Waals surface area contributed by atoms with E-state index in [9.17, 15) is 8.78 Å². The number of hydrogen-bond acceptors (Lipinski definition) is 2. The molecule has 0 fully saturated rings. The summed E-state index contributed by atoms with van der Waals surface area (Å²) in [5, 5.41) is 7.82. The maximum atomic E-state index is 13.6. The van der Waals surface area contributed by atoms with Crippen molar-refractivity contribution in [2.75, 3.05) is 6.54 Å². The molecular weight excluding hydrogens is 272 g/mol. The van der Waals surface area contributed by atoms with E-state index in [2.05, 4.69) is 17.3 Å². The molecule has 1 N–H and O–H groups in total. The van der Waals surface area contributed by atoms with Crippen LogP contribution < -0.4 is 5.32 Å². The molecule has 0 spiro atoms. The summed E-state index contributed by atoms with van der Waals surface area (Å²) >= 11 is 0. The van der Waals surface area contributed by atoms with E-state index in [0.717, 1.165) is 29.9 Å². The van der Waals surface area contributed by atoms with Gasteiger partial charge in [-0.3, -0.25) is 4.68 Å². The standard InChI is InChI=1S/C16H21F2N3/c1-5-8-19-16(12-6-7-13(17)14(18)9-12)15-10(2)20-21(4)11(15)3/h6-7,9,16,19H,5,8H2,1-4H3. The van der Waals surface area contributed by atoms with Crippen molar-refractivity contribution in [2.24, 2.45) is 7.05 Å². The van der Waals surface area contributed by atoms with E-state index in [1.54, 1.807) is 6.07 Å². The lowest BCUT2D eigenvalue weighted by molar-refractivity contribution is 0.502. The number of benzene rings is 1. The molecule has 2 rings (SSSR count). The summed E-state index contributed by atoms with van der Waals surface area (Å²) in [6.07, 6.45) is 0.957. The van der Waals surface area contributed by atoms with Crippen molar-refractivity contribution in [3.8, 4) is 0 Å². The van der Waals surface area contributed by atoms with Crippen LogP contribution in [-0.2, 0) is 7.05 Å². The van der Waals surface area contributed by atoms with Crippen LogP contribution in [0.5, 0.6) is 0 Å². The number of nitrogens with one attached hydrogen (secondary N) is 1. The topological polar surface area (TPSA) is 29.9 Å². The highest BCUT2D eigenvalue weighted by atomic mass is 19.2. The Labute approximate surface area is 124 Å². The van der Waals surface area contributed by atoms with Crippen molar-refractivity contribution in [3.05, 3.63) is 52.3 Å². The molecule has 0 saturated carbocycles. The zero-order valence-electron chi connectivity index (χ0n) is 12.9. The lowest BCUT2D eigenvalue weighted by atomic mass is 9.96. The fourth-order valence-electron chi connectivity index (χ4n) is 2.57. The van der Waals surface area contributed by atoms with Gasteiger partial charge in [0.15, 0.2) is 11.6 Å². The molecule has 114 valence electrons. The third-order valence-electron chi connectivity index (χ3n) is 3.73. The number of aryl methyl sites for hydroxylation is 2. The Hall–Kier alpha value is -1.75. The first-order chi connectivity index (χ1) is 9.95. The second-order valence-corrected chi connectivity index (χ2v) is 5.27. The first-order valence-corrected chi connectivity index (χ1v) is 7.14. The summed E-state index contributed by atoms with van der Waals surface area (Å²) in [7, 11) is 1.88. The van der Waals surface area contributed by atoms with Crippen LogP contribution in [0.3, 0.4) is 0 Å². The second-order valence-electron chi connectivity index (χ2n) is 5.27. The van der Waals surface area contributed by atoms with Gasteiger partial charge in [-0.1, -0.05) is 13.0 Å². The Morgan fingerprint density at radius 3 is 2.48 bits per heavy atom. The average molecular weight is 293 g/mol. The number of rotatable bonds is 5. The molecule has 1 heterocycles. The van der Waals surface area contributed by atoms with Crippen molar-refractivity contribution in [1.82, 2.24) is 15.1 Å².